The van der Waals surface area contributed by atoms with Crippen LogP contribution in [0, 0.1) is 0 Å². The second kappa shape index (κ2) is 5.64. The zero-order chi connectivity index (χ0) is 15.8. The monoisotopic (exact) mass is 325 g/mol. The number of aliphatic hydroxyl groups is 1. The second-order valence-corrected chi connectivity index (χ2v) is 6.61. The molecule has 2 heterocycles. The lowest BCUT2D eigenvalue weighted by atomic mass is 10.1. The maximum Gasteiger partial charge on any atom is 0.0873 e. The molecule has 0 radical (unpaired) electrons. The summed E-state index contributed by atoms with van der Waals surface area (Å²) in [5.41, 5.74) is 4.84. The van der Waals surface area contributed by atoms with Crippen molar-refractivity contribution in [2.24, 2.45) is 5.16 Å². The van der Waals surface area contributed by atoms with Gasteiger partial charge in [0.15, 0.2) is 0 Å². The van der Waals surface area contributed by atoms with Crippen molar-refractivity contribution >= 4 is 38.5 Å². The van der Waals surface area contributed by atoms with E-state index in [0.717, 1.165) is 50.5 Å². The van der Waals surface area contributed by atoms with Crippen LogP contribution in [0.15, 0.2) is 41.8 Å². The van der Waals surface area contributed by atoms with Crippen LogP contribution in [0.5, 0.6) is 0 Å². The molecule has 6 heteroatoms. The van der Waals surface area contributed by atoms with Gasteiger partial charge in [-0.3, -0.25) is 4.98 Å². The number of oxime groups is 1. The fourth-order valence-electron chi connectivity index (χ4n) is 3.05. The lowest BCUT2D eigenvalue weighted by Gasteiger charge is -2.09. The highest BCUT2D eigenvalue weighted by molar-refractivity contribution is 7.19. The van der Waals surface area contributed by atoms with Crippen molar-refractivity contribution in [2.75, 3.05) is 5.32 Å². The number of aryl methyl sites for hydroxylation is 1. The topological polar surface area (TPSA) is 77.7 Å². The number of rotatable bonds is 3. The van der Waals surface area contributed by atoms with Gasteiger partial charge in [0.25, 0.3) is 0 Å². The Bertz CT molecular complexity index is 917. The van der Waals surface area contributed by atoms with Crippen LogP contribution in [0.2, 0.25) is 0 Å². The average molecular weight is 325 g/mol. The number of pyridine rings is 1. The van der Waals surface area contributed by atoms with Crippen molar-refractivity contribution in [1.29, 1.82) is 0 Å². The lowest BCUT2D eigenvalue weighted by molar-refractivity contribution is 0.286. The Morgan fingerprint density at radius 1 is 1.26 bits per heavy atom. The van der Waals surface area contributed by atoms with Crippen LogP contribution < -0.4 is 5.32 Å². The fourth-order valence-corrected chi connectivity index (χ4v) is 4.03. The number of aromatic nitrogens is 1. The van der Waals surface area contributed by atoms with Crippen molar-refractivity contribution in [3.63, 3.8) is 0 Å². The number of nitrogens with one attached hydrogen (secondary N) is 1. The smallest absolute Gasteiger partial charge is 0.0873 e. The standard InChI is InChI=1S/C17H15N3O2S/c21-9-16-17(13-5-6-18-8-15(13)23-16)19-11-2-3-12-10(7-11)1-4-14(12)20-22/h2-3,5-8,19,21-22H,1,4,9H2/b20-14-. The van der Waals surface area contributed by atoms with E-state index >= 15 is 0 Å². The second-order valence-electron chi connectivity index (χ2n) is 5.47. The van der Waals surface area contributed by atoms with E-state index in [1.807, 2.05) is 24.4 Å². The summed E-state index contributed by atoms with van der Waals surface area (Å²) in [5.74, 6) is 0. The summed E-state index contributed by atoms with van der Waals surface area (Å²) in [5, 5.41) is 26.5. The summed E-state index contributed by atoms with van der Waals surface area (Å²) < 4.78 is 1.05. The molecule has 23 heavy (non-hydrogen) atoms. The number of benzene rings is 1. The minimum absolute atomic E-state index is 0.00601. The number of hydrogen-bond donors (Lipinski definition) is 3. The molecule has 4 rings (SSSR count). The molecule has 0 spiro atoms. The van der Waals surface area contributed by atoms with Gasteiger partial charge in [-0.15, -0.1) is 11.3 Å². The lowest BCUT2D eigenvalue weighted by Crippen LogP contribution is -1.96. The molecule has 0 saturated carbocycles. The molecule has 3 N–H and O–H groups in total. The maximum atomic E-state index is 9.63. The number of fused-ring (bicyclic) bond motifs is 2. The van der Waals surface area contributed by atoms with Crippen LogP contribution in [0.4, 0.5) is 11.4 Å². The predicted molar refractivity (Wildman–Crippen MR) is 91.9 cm³/mol. The molecule has 0 bridgehead atoms. The summed E-state index contributed by atoms with van der Waals surface area (Å²) in [6.45, 7) is -0.00601. The zero-order valence-electron chi connectivity index (χ0n) is 12.3. The molecule has 1 aliphatic carbocycles. The first-order valence-electron chi connectivity index (χ1n) is 7.37. The van der Waals surface area contributed by atoms with Crippen LogP contribution in [0.3, 0.4) is 0 Å². The molecule has 2 aromatic heterocycles. The fraction of sp³-hybridized carbons (Fsp3) is 0.176. The van der Waals surface area contributed by atoms with Crippen LogP contribution in [-0.4, -0.2) is 21.0 Å². The Balaban J connectivity index is 1.74. The van der Waals surface area contributed by atoms with Gasteiger partial charge in [0.2, 0.25) is 0 Å². The molecule has 1 aromatic carbocycles. The minimum atomic E-state index is -0.00601. The Labute approximate surface area is 136 Å². The van der Waals surface area contributed by atoms with Gasteiger partial charge >= 0.3 is 0 Å². The molecular formula is C17H15N3O2S. The highest BCUT2D eigenvalue weighted by Crippen LogP contribution is 2.37. The van der Waals surface area contributed by atoms with Crippen molar-refractivity contribution in [3.8, 4) is 0 Å². The normalized spacial score (nSPS) is 15.3. The van der Waals surface area contributed by atoms with Gasteiger partial charge in [-0.2, -0.15) is 0 Å². The van der Waals surface area contributed by atoms with Gasteiger partial charge in [0.05, 0.1) is 27.6 Å². The number of hydrogen-bond acceptors (Lipinski definition) is 6. The molecule has 0 fully saturated rings. The molecule has 3 aromatic rings. The third-order valence-electron chi connectivity index (χ3n) is 4.15. The number of aliphatic hydroxyl groups excluding tert-OH is 1. The van der Waals surface area contributed by atoms with Crippen molar-refractivity contribution < 1.29 is 10.3 Å². The Kier molecular flexibility index (Phi) is 3.48. The number of thiophene rings is 1. The molecule has 1 aliphatic rings. The molecule has 116 valence electrons. The Morgan fingerprint density at radius 3 is 3.00 bits per heavy atom. The summed E-state index contributed by atoms with van der Waals surface area (Å²) in [4.78, 5) is 5.03. The van der Waals surface area contributed by atoms with Gasteiger partial charge in [-0.1, -0.05) is 11.2 Å². The van der Waals surface area contributed by atoms with Gasteiger partial charge in [0.1, 0.15) is 0 Å². The average Bonchev–Trinajstić information content (AvgIpc) is 3.16. The summed E-state index contributed by atoms with van der Waals surface area (Å²) in [6.07, 6.45) is 5.22. The van der Waals surface area contributed by atoms with E-state index in [-0.39, 0.29) is 6.61 Å². The van der Waals surface area contributed by atoms with Crippen molar-refractivity contribution in [1.82, 2.24) is 4.98 Å². The zero-order valence-corrected chi connectivity index (χ0v) is 13.1. The molecule has 5 nitrogen and oxygen atoms in total. The highest BCUT2D eigenvalue weighted by Gasteiger charge is 2.19. The van der Waals surface area contributed by atoms with E-state index in [1.165, 1.54) is 5.56 Å². The third kappa shape index (κ3) is 2.36. The molecule has 0 unspecified atom stereocenters. The van der Waals surface area contributed by atoms with Crippen molar-refractivity contribution in [3.05, 3.63) is 52.7 Å². The van der Waals surface area contributed by atoms with Crippen LogP contribution in [0.25, 0.3) is 10.1 Å². The number of anilines is 2. The van der Waals surface area contributed by atoms with E-state index in [2.05, 4.69) is 21.5 Å². The third-order valence-corrected chi connectivity index (χ3v) is 5.27. The molecule has 0 saturated heterocycles. The summed E-state index contributed by atoms with van der Waals surface area (Å²) in [7, 11) is 0. The minimum Gasteiger partial charge on any atom is -0.411 e. The molecule has 0 aliphatic heterocycles. The van der Waals surface area contributed by atoms with E-state index in [4.69, 9.17) is 5.21 Å². The molecular weight excluding hydrogens is 310 g/mol. The van der Waals surface area contributed by atoms with E-state index in [1.54, 1.807) is 17.5 Å². The van der Waals surface area contributed by atoms with Gasteiger partial charge in [-0.05, 0) is 36.6 Å². The van der Waals surface area contributed by atoms with Crippen molar-refractivity contribution in [2.45, 2.75) is 19.4 Å². The summed E-state index contributed by atoms with van der Waals surface area (Å²) >= 11 is 1.55. The van der Waals surface area contributed by atoms with Crippen LogP contribution >= 0.6 is 11.3 Å². The quantitative estimate of drug-likeness (QED) is 0.507. The maximum absolute atomic E-state index is 9.63. The first-order chi connectivity index (χ1) is 11.3. The SMILES string of the molecule is OCc1sc2cnccc2c1Nc1ccc2c(c1)CC/C2=N/O. The van der Waals surface area contributed by atoms with Gasteiger partial charge < -0.3 is 15.6 Å². The van der Waals surface area contributed by atoms with Crippen LogP contribution in [0.1, 0.15) is 22.4 Å². The molecule has 0 amide bonds. The van der Waals surface area contributed by atoms with E-state index < -0.39 is 0 Å². The predicted octanol–water partition coefficient (Wildman–Crippen LogP) is 3.66. The van der Waals surface area contributed by atoms with Gasteiger partial charge in [-0.25, -0.2) is 0 Å². The Morgan fingerprint density at radius 2 is 2.17 bits per heavy atom. The molecule has 0 atom stereocenters. The summed E-state index contributed by atoms with van der Waals surface area (Å²) in [6, 6.07) is 7.99. The van der Waals surface area contributed by atoms with Crippen LogP contribution in [-0.2, 0) is 13.0 Å². The van der Waals surface area contributed by atoms with E-state index in [9.17, 15) is 5.11 Å². The Hall–Kier alpha value is -2.44. The first kappa shape index (κ1) is 14.2. The number of nitrogens with zero attached hydrogens (tertiary/aromatic N) is 2. The van der Waals surface area contributed by atoms with Gasteiger partial charge in [0, 0.05) is 29.0 Å². The van der Waals surface area contributed by atoms with E-state index in [0.29, 0.717) is 0 Å². The highest BCUT2D eigenvalue weighted by atomic mass is 32.1. The largest absolute Gasteiger partial charge is 0.411 e. The first-order valence-corrected chi connectivity index (χ1v) is 8.19.